The molecular formula is C21H21NO7. The number of esters is 2. The van der Waals surface area contributed by atoms with E-state index in [1.54, 1.807) is 0 Å². The zero-order valence-electron chi connectivity index (χ0n) is 16.3. The highest BCUT2D eigenvalue weighted by molar-refractivity contribution is 6.42. The number of pyridine rings is 1. The van der Waals surface area contributed by atoms with Crippen molar-refractivity contribution in [2.24, 2.45) is 5.41 Å². The Labute approximate surface area is 167 Å². The molecule has 0 unspecified atom stereocenters. The largest absolute Gasteiger partial charge is 0.497 e. The Morgan fingerprint density at radius 3 is 1.86 bits per heavy atom. The van der Waals surface area contributed by atoms with Crippen LogP contribution in [0.25, 0.3) is 0 Å². The van der Waals surface area contributed by atoms with Crippen LogP contribution in [0.4, 0.5) is 0 Å². The lowest BCUT2D eigenvalue weighted by atomic mass is 9.74. The van der Waals surface area contributed by atoms with Crippen molar-refractivity contribution in [3.05, 3.63) is 59.9 Å². The minimum atomic E-state index is -2.84. The molecule has 152 valence electrons. The molecule has 0 amide bonds. The third-order valence-electron chi connectivity index (χ3n) is 4.12. The summed E-state index contributed by atoms with van der Waals surface area (Å²) in [6.07, 6.45) is 2.58. The number of carbonyl (C=O) groups is 4. The Balaban J connectivity index is 2.71. The van der Waals surface area contributed by atoms with Gasteiger partial charge in [-0.15, -0.1) is 0 Å². The van der Waals surface area contributed by atoms with Gasteiger partial charge >= 0.3 is 11.9 Å². The normalized spacial score (nSPS) is 10.7. The summed E-state index contributed by atoms with van der Waals surface area (Å²) in [5, 5.41) is 0. The molecule has 29 heavy (non-hydrogen) atoms. The number of ether oxygens (including phenoxy) is 3. The van der Waals surface area contributed by atoms with E-state index in [9.17, 15) is 19.2 Å². The van der Waals surface area contributed by atoms with Crippen LogP contribution in [0, 0.1) is 5.41 Å². The second-order valence-electron chi connectivity index (χ2n) is 5.82. The summed E-state index contributed by atoms with van der Waals surface area (Å²) in [6, 6.07) is 8.46. The molecule has 0 spiro atoms. The molecule has 0 atom stereocenters. The van der Waals surface area contributed by atoms with Crippen molar-refractivity contribution >= 4 is 23.5 Å². The highest BCUT2D eigenvalue weighted by Crippen LogP contribution is 2.32. The topological polar surface area (TPSA) is 109 Å². The summed E-state index contributed by atoms with van der Waals surface area (Å²) in [5.74, 6) is -4.26. The standard InChI is InChI=1S/C21H21NO7/c1-4-28-19(25)21(20(26)29-5-2,18(24)15-7-6-12-22-13-15)17(23)14-8-10-16(27-3)11-9-14/h6-13H,4-5H2,1-3H3. The third kappa shape index (κ3) is 4.16. The number of nitrogens with zero attached hydrogens (tertiary/aromatic N) is 1. The van der Waals surface area contributed by atoms with Gasteiger partial charge in [0, 0.05) is 23.5 Å². The van der Waals surface area contributed by atoms with E-state index in [0.717, 1.165) is 6.20 Å². The second kappa shape index (κ2) is 9.59. The number of Topliss-reactive ketones (excluding diaryl/α,β-unsaturated/α-hetero) is 2. The first-order valence-electron chi connectivity index (χ1n) is 8.91. The summed E-state index contributed by atoms with van der Waals surface area (Å²) >= 11 is 0. The van der Waals surface area contributed by atoms with E-state index in [-0.39, 0.29) is 24.3 Å². The summed E-state index contributed by atoms with van der Waals surface area (Å²) in [5.41, 5.74) is -3.00. The first kappa shape index (κ1) is 21.7. The number of ketones is 2. The average molecular weight is 399 g/mol. The highest BCUT2D eigenvalue weighted by Gasteiger charge is 2.62. The Kier molecular flexibility index (Phi) is 7.19. The van der Waals surface area contributed by atoms with E-state index in [2.05, 4.69) is 4.98 Å². The van der Waals surface area contributed by atoms with Crippen molar-refractivity contribution in [1.29, 1.82) is 0 Å². The van der Waals surface area contributed by atoms with Crippen LogP contribution in [-0.2, 0) is 19.1 Å². The molecule has 0 aliphatic carbocycles. The lowest BCUT2D eigenvalue weighted by molar-refractivity contribution is -0.163. The summed E-state index contributed by atoms with van der Waals surface area (Å²) < 4.78 is 15.0. The van der Waals surface area contributed by atoms with E-state index < -0.39 is 28.9 Å². The number of rotatable bonds is 9. The van der Waals surface area contributed by atoms with Gasteiger partial charge in [0.2, 0.25) is 5.78 Å². The van der Waals surface area contributed by atoms with Gasteiger partial charge in [-0.2, -0.15) is 0 Å². The Hall–Kier alpha value is -3.55. The van der Waals surface area contributed by atoms with Crippen LogP contribution in [-0.4, -0.2) is 48.8 Å². The lowest BCUT2D eigenvalue weighted by Crippen LogP contribution is -2.54. The number of hydrogen-bond donors (Lipinski definition) is 0. The van der Waals surface area contributed by atoms with Crippen molar-refractivity contribution in [1.82, 2.24) is 4.98 Å². The minimum absolute atomic E-state index is 0.0517. The summed E-state index contributed by atoms with van der Waals surface area (Å²) in [7, 11) is 1.45. The number of carbonyl (C=O) groups excluding carboxylic acids is 4. The first-order valence-corrected chi connectivity index (χ1v) is 8.91. The van der Waals surface area contributed by atoms with Gasteiger partial charge in [0.25, 0.3) is 5.41 Å². The number of methoxy groups -OCH3 is 1. The predicted octanol–water partition coefficient (Wildman–Crippen LogP) is 2.27. The number of benzene rings is 1. The first-order chi connectivity index (χ1) is 13.9. The molecule has 0 N–H and O–H groups in total. The zero-order valence-corrected chi connectivity index (χ0v) is 16.3. The monoisotopic (exact) mass is 399 g/mol. The molecule has 1 heterocycles. The van der Waals surface area contributed by atoms with Gasteiger partial charge in [0.1, 0.15) is 5.75 Å². The van der Waals surface area contributed by atoms with E-state index in [1.807, 2.05) is 0 Å². The summed E-state index contributed by atoms with van der Waals surface area (Å²) in [6.45, 7) is 2.72. The van der Waals surface area contributed by atoms with Crippen LogP contribution >= 0.6 is 0 Å². The van der Waals surface area contributed by atoms with Crippen LogP contribution in [0.15, 0.2) is 48.8 Å². The SMILES string of the molecule is CCOC(=O)C(C(=O)OCC)(C(=O)c1ccc(OC)cc1)C(=O)c1cccnc1. The van der Waals surface area contributed by atoms with Crippen LogP contribution in [0.5, 0.6) is 5.75 Å². The Morgan fingerprint density at radius 1 is 0.862 bits per heavy atom. The quantitative estimate of drug-likeness (QED) is 0.359. The van der Waals surface area contributed by atoms with Crippen LogP contribution in [0.1, 0.15) is 34.6 Å². The van der Waals surface area contributed by atoms with Gasteiger partial charge in [-0.1, -0.05) is 0 Å². The van der Waals surface area contributed by atoms with E-state index in [0.29, 0.717) is 5.75 Å². The van der Waals surface area contributed by atoms with Gasteiger partial charge in [-0.25, -0.2) is 9.59 Å². The van der Waals surface area contributed by atoms with Crippen LogP contribution < -0.4 is 4.74 Å². The lowest BCUT2D eigenvalue weighted by Gasteiger charge is -2.26. The molecule has 0 radical (unpaired) electrons. The molecule has 0 saturated heterocycles. The van der Waals surface area contributed by atoms with Gasteiger partial charge in [-0.05, 0) is 50.2 Å². The number of aromatic nitrogens is 1. The van der Waals surface area contributed by atoms with Gasteiger partial charge in [0.15, 0.2) is 5.78 Å². The fourth-order valence-electron chi connectivity index (χ4n) is 2.71. The molecule has 2 aromatic rings. The maximum Gasteiger partial charge on any atom is 0.339 e. The molecular weight excluding hydrogens is 378 g/mol. The number of hydrogen-bond acceptors (Lipinski definition) is 8. The average Bonchev–Trinajstić information content (AvgIpc) is 2.75. The molecule has 8 heteroatoms. The molecule has 0 bridgehead atoms. The van der Waals surface area contributed by atoms with Crippen molar-refractivity contribution in [2.75, 3.05) is 20.3 Å². The van der Waals surface area contributed by atoms with Crippen molar-refractivity contribution < 1.29 is 33.4 Å². The minimum Gasteiger partial charge on any atom is -0.497 e. The van der Waals surface area contributed by atoms with Crippen molar-refractivity contribution in [3.8, 4) is 5.75 Å². The highest BCUT2D eigenvalue weighted by atomic mass is 16.6. The third-order valence-corrected chi connectivity index (χ3v) is 4.12. The smallest absolute Gasteiger partial charge is 0.339 e. The summed E-state index contributed by atoms with van der Waals surface area (Å²) in [4.78, 5) is 56.5. The Morgan fingerprint density at radius 2 is 1.41 bits per heavy atom. The maximum atomic E-state index is 13.4. The molecule has 0 saturated carbocycles. The van der Waals surface area contributed by atoms with E-state index in [4.69, 9.17) is 14.2 Å². The van der Waals surface area contributed by atoms with E-state index >= 15 is 0 Å². The van der Waals surface area contributed by atoms with Crippen LogP contribution in [0.2, 0.25) is 0 Å². The fraction of sp³-hybridized carbons (Fsp3) is 0.286. The molecule has 8 nitrogen and oxygen atoms in total. The fourth-order valence-corrected chi connectivity index (χ4v) is 2.71. The molecule has 1 aromatic heterocycles. The van der Waals surface area contributed by atoms with Gasteiger partial charge < -0.3 is 14.2 Å². The zero-order chi connectivity index (χ0) is 21.4. The predicted molar refractivity (Wildman–Crippen MR) is 102 cm³/mol. The molecule has 1 aromatic carbocycles. The van der Waals surface area contributed by atoms with Gasteiger partial charge in [0.05, 0.1) is 20.3 Å². The molecule has 0 aliphatic heterocycles. The second-order valence-corrected chi connectivity index (χ2v) is 5.82. The van der Waals surface area contributed by atoms with Crippen molar-refractivity contribution in [3.63, 3.8) is 0 Å². The Bertz CT molecular complexity index is 873. The van der Waals surface area contributed by atoms with Gasteiger partial charge in [-0.3, -0.25) is 14.6 Å². The molecule has 0 aliphatic rings. The van der Waals surface area contributed by atoms with Crippen LogP contribution in [0.3, 0.4) is 0 Å². The van der Waals surface area contributed by atoms with E-state index in [1.165, 1.54) is 63.6 Å². The van der Waals surface area contributed by atoms with Crippen molar-refractivity contribution in [2.45, 2.75) is 13.8 Å². The molecule has 0 fully saturated rings. The molecule has 2 rings (SSSR count). The maximum absolute atomic E-state index is 13.4.